The Balaban J connectivity index is 1.50. The molecule has 2 heterocycles. The molecule has 5 nitrogen and oxygen atoms in total. The van der Waals surface area contributed by atoms with Crippen LogP contribution in [0.3, 0.4) is 0 Å². The van der Waals surface area contributed by atoms with Crippen molar-refractivity contribution in [1.82, 2.24) is 14.5 Å². The first-order valence-corrected chi connectivity index (χ1v) is 9.49. The number of imidazole rings is 1. The fourth-order valence-electron chi connectivity index (χ4n) is 3.72. The molecule has 1 aliphatic rings. The van der Waals surface area contributed by atoms with Crippen molar-refractivity contribution in [2.24, 2.45) is 5.73 Å². The van der Waals surface area contributed by atoms with Gasteiger partial charge in [-0.15, -0.1) is 0 Å². The molecular weight excluding hydrogens is 374 g/mol. The van der Waals surface area contributed by atoms with Gasteiger partial charge in [-0.3, -0.25) is 4.79 Å². The molecule has 0 saturated carbocycles. The van der Waals surface area contributed by atoms with Gasteiger partial charge >= 0.3 is 0 Å². The molecule has 7 heteroatoms. The number of nitrogens with zero attached hydrogens (tertiary/aromatic N) is 3. The van der Waals surface area contributed by atoms with Gasteiger partial charge in [0.05, 0.1) is 30.5 Å². The standard InChI is InChI=1S/C22H22F2N4O/c1-14-6-20(24)16(8-19(14)23)7-17(25)9-22(29)27-11-15-4-2-3-5-21(15)28-13-26-10-18(28)12-27/h2-6,8,10,13,17H,7,9,11-12,25H2,1H3. The van der Waals surface area contributed by atoms with Gasteiger partial charge in [-0.05, 0) is 48.2 Å². The molecule has 0 saturated heterocycles. The third kappa shape index (κ3) is 3.91. The summed E-state index contributed by atoms with van der Waals surface area (Å²) in [4.78, 5) is 18.9. The number of benzene rings is 2. The number of carbonyl (C=O) groups is 1. The molecule has 0 bridgehead atoms. The highest BCUT2D eigenvalue weighted by Gasteiger charge is 2.24. The minimum atomic E-state index is -0.609. The quantitative estimate of drug-likeness (QED) is 0.736. The van der Waals surface area contributed by atoms with Gasteiger partial charge in [0.25, 0.3) is 0 Å². The summed E-state index contributed by atoms with van der Waals surface area (Å²) in [6, 6.07) is 9.57. The van der Waals surface area contributed by atoms with E-state index in [0.29, 0.717) is 13.1 Å². The second kappa shape index (κ2) is 7.75. The number of halogens is 2. The minimum Gasteiger partial charge on any atom is -0.332 e. The molecule has 29 heavy (non-hydrogen) atoms. The lowest BCUT2D eigenvalue weighted by Gasteiger charge is -2.22. The van der Waals surface area contributed by atoms with Crippen molar-refractivity contribution in [3.05, 3.63) is 82.9 Å². The highest BCUT2D eigenvalue weighted by Crippen LogP contribution is 2.25. The normalized spacial score (nSPS) is 14.1. The third-order valence-electron chi connectivity index (χ3n) is 5.28. The van der Waals surface area contributed by atoms with Crippen LogP contribution in [-0.4, -0.2) is 26.4 Å². The van der Waals surface area contributed by atoms with Crippen molar-refractivity contribution < 1.29 is 13.6 Å². The van der Waals surface area contributed by atoms with E-state index in [0.717, 1.165) is 29.1 Å². The zero-order valence-corrected chi connectivity index (χ0v) is 16.1. The summed E-state index contributed by atoms with van der Waals surface area (Å²) in [7, 11) is 0. The number of nitrogens with two attached hydrogens (primary N) is 1. The molecule has 0 aliphatic carbocycles. The summed E-state index contributed by atoms with van der Waals surface area (Å²) in [5.74, 6) is -1.10. The first-order chi connectivity index (χ1) is 13.9. The predicted molar refractivity (Wildman–Crippen MR) is 105 cm³/mol. The van der Waals surface area contributed by atoms with E-state index in [-0.39, 0.29) is 29.9 Å². The topological polar surface area (TPSA) is 64.2 Å². The second-order valence-electron chi connectivity index (χ2n) is 7.49. The molecule has 2 N–H and O–H groups in total. The SMILES string of the molecule is Cc1cc(F)c(CC(N)CC(=O)N2Cc3ccccc3-n3cncc3C2)cc1F. The predicted octanol–water partition coefficient (Wildman–Crippen LogP) is 3.26. The van der Waals surface area contributed by atoms with Crippen molar-refractivity contribution in [2.45, 2.75) is 38.9 Å². The molecule has 3 aromatic rings. The van der Waals surface area contributed by atoms with Gasteiger partial charge in [0.2, 0.25) is 5.91 Å². The fourth-order valence-corrected chi connectivity index (χ4v) is 3.72. The Morgan fingerprint density at radius 3 is 2.83 bits per heavy atom. The molecule has 4 rings (SSSR count). The number of hydrogen-bond donors (Lipinski definition) is 1. The van der Waals surface area contributed by atoms with Crippen LogP contribution in [0.4, 0.5) is 8.78 Å². The Labute approximate surface area is 167 Å². The first kappa shape index (κ1) is 19.3. The number of amides is 1. The van der Waals surface area contributed by atoms with Crippen molar-refractivity contribution in [2.75, 3.05) is 0 Å². The lowest BCUT2D eigenvalue weighted by molar-refractivity contribution is -0.132. The zero-order chi connectivity index (χ0) is 20.5. The van der Waals surface area contributed by atoms with Gasteiger partial charge in [0, 0.05) is 19.0 Å². The molecule has 0 spiro atoms. The summed E-state index contributed by atoms with van der Waals surface area (Å²) in [5.41, 5.74) is 9.47. The van der Waals surface area contributed by atoms with Crippen LogP contribution in [-0.2, 0) is 24.3 Å². The average molecular weight is 396 g/mol. The molecule has 1 amide bonds. The number of fused-ring (bicyclic) bond motifs is 3. The van der Waals surface area contributed by atoms with Gasteiger partial charge in [0.15, 0.2) is 0 Å². The van der Waals surface area contributed by atoms with E-state index in [9.17, 15) is 13.6 Å². The maximum Gasteiger partial charge on any atom is 0.224 e. The Bertz CT molecular complexity index is 1060. The van der Waals surface area contributed by atoms with E-state index >= 15 is 0 Å². The van der Waals surface area contributed by atoms with Crippen LogP contribution in [0.15, 0.2) is 48.9 Å². The van der Waals surface area contributed by atoms with E-state index in [2.05, 4.69) is 4.98 Å². The molecule has 150 valence electrons. The molecule has 1 aliphatic heterocycles. The van der Waals surface area contributed by atoms with Crippen LogP contribution >= 0.6 is 0 Å². The molecule has 0 radical (unpaired) electrons. The van der Waals surface area contributed by atoms with Crippen LogP contribution in [0.2, 0.25) is 0 Å². The van der Waals surface area contributed by atoms with Gasteiger partial charge < -0.3 is 15.2 Å². The molecular formula is C22H22F2N4O. The maximum atomic E-state index is 14.1. The third-order valence-corrected chi connectivity index (χ3v) is 5.28. The number of aromatic nitrogens is 2. The summed E-state index contributed by atoms with van der Waals surface area (Å²) < 4.78 is 29.9. The number of rotatable bonds is 4. The van der Waals surface area contributed by atoms with Gasteiger partial charge in [-0.1, -0.05) is 18.2 Å². The van der Waals surface area contributed by atoms with Crippen molar-refractivity contribution in [1.29, 1.82) is 0 Å². The summed E-state index contributed by atoms with van der Waals surface area (Å²) in [5, 5.41) is 0. The van der Waals surface area contributed by atoms with E-state index in [1.54, 1.807) is 17.4 Å². The van der Waals surface area contributed by atoms with Crippen molar-refractivity contribution in [3.63, 3.8) is 0 Å². The van der Waals surface area contributed by atoms with Gasteiger partial charge in [0.1, 0.15) is 11.6 Å². The summed E-state index contributed by atoms with van der Waals surface area (Å²) in [6.45, 7) is 2.37. The highest BCUT2D eigenvalue weighted by atomic mass is 19.1. The fraction of sp³-hybridized carbons (Fsp3) is 0.273. The lowest BCUT2D eigenvalue weighted by atomic mass is 10.0. The zero-order valence-electron chi connectivity index (χ0n) is 16.1. The van der Waals surface area contributed by atoms with Crippen LogP contribution in [0.25, 0.3) is 5.69 Å². The number of hydrogen-bond acceptors (Lipinski definition) is 3. The summed E-state index contributed by atoms with van der Waals surface area (Å²) in [6.07, 6.45) is 3.62. The Morgan fingerprint density at radius 2 is 2.00 bits per heavy atom. The largest absolute Gasteiger partial charge is 0.332 e. The monoisotopic (exact) mass is 396 g/mol. The first-order valence-electron chi connectivity index (χ1n) is 9.49. The number of aryl methyl sites for hydroxylation is 1. The van der Waals surface area contributed by atoms with Crippen LogP contribution < -0.4 is 5.73 Å². The number of carbonyl (C=O) groups excluding carboxylic acids is 1. The minimum absolute atomic E-state index is 0.0469. The van der Waals surface area contributed by atoms with Gasteiger partial charge in [-0.25, -0.2) is 13.8 Å². The van der Waals surface area contributed by atoms with Crippen LogP contribution in [0.5, 0.6) is 0 Å². The Morgan fingerprint density at radius 1 is 1.21 bits per heavy atom. The van der Waals surface area contributed by atoms with E-state index < -0.39 is 17.7 Å². The molecule has 1 atom stereocenters. The van der Waals surface area contributed by atoms with E-state index in [1.165, 1.54) is 6.92 Å². The van der Waals surface area contributed by atoms with Crippen molar-refractivity contribution >= 4 is 5.91 Å². The smallest absolute Gasteiger partial charge is 0.224 e. The summed E-state index contributed by atoms with van der Waals surface area (Å²) >= 11 is 0. The van der Waals surface area contributed by atoms with Crippen molar-refractivity contribution in [3.8, 4) is 5.69 Å². The molecule has 2 aromatic carbocycles. The van der Waals surface area contributed by atoms with Gasteiger partial charge in [-0.2, -0.15) is 0 Å². The van der Waals surface area contributed by atoms with Crippen LogP contribution in [0.1, 0.15) is 28.8 Å². The average Bonchev–Trinajstić information content (AvgIpc) is 3.07. The maximum absolute atomic E-state index is 14.1. The Hall–Kier alpha value is -3.06. The van der Waals surface area contributed by atoms with E-state index in [4.69, 9.17) is 5.73 Å². The van der Waals surface area contributed by atoms with E-state index in [1.807, 2.05) is 28.8 Å². The highest BCUT2D eigenvalue weighted by molar-refractivity contribution is 5.77. The molecule has 0 fully saturated rings. The lowest BCUT2D eigenvalue weighted by Crippen LogP contribution is -2.36. The second-order valence-corrected chi connectivity index (χ2v) is 7.49. The molecule has 1 aromatic heterocycles. The number of para-hydroxylation sites is 1. The molecule has 1 unspecified atom stereocenters. The van der Waals surface area contributed by atoms with Crippen LogP contribution in [0, 0.1) is 18.6 Å². The Kier molecular flexibility index (Phi) is 5.15.